The summed E-state index contributed by atoms with van der Waals surface area (Å²) in [7, 11) is 0. The lowest BCUT2D eigenvalue weighted by molar-refractivity contribution is 0.208. The maximum absolute atomic E-state index is 9.07. The van der Waals surface area contributed by atoms with E-state index in [0.29, 0.717) is 6.54 Å². The lowest BCUT2D eigenvalue weighted by Gasteiger charge is -2.11. The van der Waals surface area contributed by atoms with E-state index < -0.39 is 0 Å². The zero-order valence-electron chi connectivity index (χ0n) is 8.04. The van der Waals surface area contributed by atoms with Gasteiger partial charge in [0.1, 0.15) is 0 Å². The van der Waals surface area contributed by atoms with Crippen molar-refractivity contribution < 1.29 is 5.11 Å². The molecule has 0 heterocycles. The number of nitrogens with two attached hydrogens (primary N) is 1. The van der Waals surface area contributed by atoms with E-state index in [2.05, 4.69) is 5.32 Å². The smallest absolute Gasteiger partial charge is 0.0684 e. The van der Waals surface area contributed by atoms with Crippen LogP contribution in [-0.2, 0) is 0 Å². The lowest BCUT2D eigenvalue weighted by Crippen LogP contribution is -2.15. The van der Waals surface area contributed by atoms with Crippen molar-refractivity contribution in [2.45, 2.75) is 20.0 Å². The monoisotopic (exact) mass is 180 g/mol. The highest BCUT2D eigenvalue weighted by Gasteiger charge is 1.99. The fourth-order valence-corrected chi connectivity index (χ4v) is 1.14. The Balaban J connectivity index is 2.67. The molecule has 3 heteroatoms. The van der Waals surface area contributed by atoms with Gasteiger partial charge in [-0.05, 0) is 37.6 Å². The fourth-order valence-electron chi connectivity index (χ4n) is 1.14. The van der Waals surface area contributed by atoms with E-state index in [1.165, 1.54) is 0 Å². The summed E-state index contributed by atoms with van der Waals surface area (Å²) in [6.07, 6.45) is -0.336. The third-order valence-corrected chi connectivity index (χ3v) is 1.84. The Kier molecular flexibility index (Phi) is 3.14. The van der Waals surface area contributed by atoms with Crippen molar-refractivity contribution in [1.82, 2.24) is 0 Å². The number of hydrogen-bond donors (Lipinski definition) is 3. The summed E-state index contributed by atoms with van der Waals surface area (Å²) in [5.74, 6) is 0. The molecular weight excluding hydrogens is 164 g/mol. The van der Waals surface area contributed by atoms with Crippen LogP contribution in [0.2, 0.25) is 0 Å². The molecule has 1 aromatic rings. The molecule has 1 atom stereocenters. The summed E-state index contributed by atoms with van der Waals surface area (Å²) in [5, 5.41) is 12.2. The van der Waals surface area contributed by atoms with Gasteiger partial charge in [-0.15, -0.1) is 0 Å². The van der Waals surface area contributed by atoms with Gasteiger partial charge in [0.05, 0.1) is 6.10 Å². The molecule has 4 N–H and O–H groups in total. The first kappa shape index (κ1) is 9.86. The van der Waals surface area contributed by atoms with Crippen molar-refractivity contribution in [3.8, 4) is 0 Å². The van der Waals surface area contributed by atoms with E-state index in [1.807, 2.05) is 25.1 Å². The molecule has 0 amide bonds. The molecule has 0 fully saturated rings. The average molecular weight is 180 g/mol. The van der Waals surface area contributed by atoms with E-state index in [4.69, 9.17) is 10.8 Å². The van der Waals surface area contributed by atoms with Crippen LogP contribution in [0.1, 0.15) is 12.5 Å². The summed E-state index contributed by atoms with van der Waals surface area (Å²) in [6.45, 7) is 4.30. The molecular formula is C10H16N2O. The number of benzene rings is 1. The summed E-state index contributed by atoms with van der Waals surface area (Å²) in [5.41, 5.74) is 8.49. The van der Waals surface area contributed by atoms with Gasteiger partial charge in [0.25, 0.3) is 0 Å². The molecule has 13 heavy (non-hydrogen) atoms. The normalized spacial score (nSPS) is 12.5. The number of aryl methyl sites for hydroxylation is 1. The van der Waals surface area contributed by atoms with E-state index >= 15 is 0 Å². The predicted molar refractivity (Wildman–Crippen MR) is 55.8 cm³/mol. The predicted octanol–water partition coefficient (Wildman–Crippen LogP) is 1.37. The van der Waals surface area contributed by atoms with Gasteiger partial charge in [0.15, 0.2) is 0 Å². The first-order valence-electron chi connectivity index (χ1n) is 4.37. The lowest BCUT2D eigenvalue weighted by atomic mass is 10.2. The van der Waals surface area contributed by atoms with Gasteiger partial charge in [-0.2, -0.15) is 0 Å². The molecule has 1 unspecified atom stereocenters. The first-order valence-corrected chi connectivity index (χ1v) is 4.37. The molecule has 3 nitrogen and oxygen atoms in total. The van der Waals surface area contributed by atoms with E-state index in [1.54, 1.807) is 6.92 Å². The topological polar surface area (TPSA) is 58.3 Å². The average Bonchev–Trinajstić information content (AvgIpc) is 2.02. The van der Waals surface area contributed by atoms with Crippen LogP contribution in [0, 0.1) is 6.92 Å². The molecule has 0 spiro atoms. The Labute approximate surface area is 78.6 Å². The second-order valence-electron chi connectivity index (χ2n) is 3.30. The summed E-state index contributed by atoms with van der Waals surface area (Å²) >= 11 is 0. The van der Waals surface area contributed by atoms with Gasteiger partial charge in [0.2, 0.25) is 0 Å². The molecule has 0 saturated carbocycles. The number of aliphatic hydroxyl groups is 1. The Morgan fingerprint density at radius 1 is 1.54 bits per heavy atom. The minimum atomic E-state index is -0.336. The third-order valence-electron chi connectivity index (χ3n) is 1.84. The maximum atomic E-state index is 9.07. The number of anilines is 2. The minimum absolute atomic E-state index is 0.336. The number of aliphatic hydroxyl groups excluding tert-OH is 1. The van der Waals surface area contributed by atoms with Gasteiger partial charge < -0.3 is 16.2 Å². The molecule has 0 aliphatic heterocycles. The molecule has 1 aromatic carbocycles. The maximum Gasteiger partial charge on any atom is 0.0684 e. The minimum Gasteiger partial charge on any atom is -0.399 e. The van der Waals surface area contributed by atoms with Crippen LogP contribution in [0.3, 0.4) is 0 Å². The van der Waals surface area contributed by atoms with Gasteiger partial charge in [-0.1, -0.05) is 0 Å². The van der Waals surface area contributed by atoms with Gasteiger partial charge >= 0.3 is 0 Å². The van der Waals surface area contributed by atoms with E-state index in [9.17, 15) is 0 Å². The molecule has 1 rings (SSSR count). The molecule has 0 saturated heterocycles. The highest BCUT2D eigenvalue weighted by Crippen LogP contribution is 2.17. The van der Waals surface area contributed by atoms with E-state index in [0.717, 1.165) is 16.9 Å². The van der Waals surface area contributed by atoms with Crippen LogP contribution >= 0.6 is 0 Å². The largest absolute Gasteiger partial charge is 0.399 e. The Morgan fingerprint density at radius 3 is 2.77 bits per heavy atom. The van der Waals surface area contributed by atoms with Crippen molar-refractivity contribution in [2.24, 2.45) is 0 Å². The molecule has 0 radical (unpaired) electrons. The Morgan fingerprint density at radius 2 is 2.23 bits per heavy atom. The number of hydrogen-bond acceptors (Lipinski definition) is 3. The highest BCUT2D eigenvalue weighted by atomic mass is 16.3. The fraction of sp³-hybridized carbons (Fsp3) is 0.400. The molecule has 0 bridgehead atoms. The number of rotatable bonds is 3. The second-order valence-corrected chi connectivity index (χ2v) is 3.30. The van der Waals surface area contributed by atoms with Crippen molar-refractivity contribution in [3.63, 3.8) is 0 Å². The standard InChI is InChI=1S/C10H16N2O/c1-7-5-9(11)3-4-10(7)12-6-8(2)13/h3-5,8,12-13H,6,11H2,1-2H3. The van der Waals surface area contributed by atoms with Gasteiger partial charge in [-0.3, -0.25) is 0 Å². The molecule has 0 aromatic heterocycles. The van der Waals surface area contributed by atoms with Crippen molar-refractivity contribution in [1.29, 1.82) is 0 Å². The van der Waals surface area contributed by atoms with Gasteiger partial charge in [-0.25, -0.2) is 0 Å². The van der Waals surface area contributed by atoms with Crippen LogP contribution in [0.15, 0.2) is 18.2 Å². The number of nitrogens with one attached hydrogen (secondary N) is 1. The third kappa shape index (κ3) is 2.95. The number of nitrogen functional groups attached to an aromatic ring is 1. The zero-order valence-corrected chi connectivity index (χ0v) is 8.04. The summed E-state index contributed by atoms with van der Waals surface area (Å²) in [6, 6.07) is 5.68. The molecule has 0 aliphatic carbocycles. The summed E-state index contributed by atoms with van der Waals surface area (Å²) in [4.78, 5) is 0. The second kappa shape index (κ2) is 4.14. The Hall–Kier alpha value is -1.22. The van der Waals surface area contributed by atoms with Gasteiger partial charge in [0, 0.05) is 17.9 Å². The molecule has 72 valence electrons. The SMILES string of the molecule is Cc1cc(N)ccc1NCC(C)O. The first-order chi connectivity index (χ1) is 6.09. The van der Waals surface area contributed by atoms with Crippen molar-refractivity contribution in [3.05, 3.63) is 23.8 Å². The van der Waals surface area contributed by atoms with Crippen LogP contribution < -0.4 is 11.1 Å². The van der Waals surface area contributed by atoms with Crippen LogP contribution in [-0.4, -0.2) is 17.8 Å². The van der Waals surface area contributed by atoms with Crippen molar-refractivity contribution in [2.75, 3.05) is 17.6 Å². The van der Waals surface area contributed by atoms with Crippen molar-refractivity contribution >= 4 is 11.4 Å². The van der Waals surface area contributed by atoms with Crippen LogP contribution in [0.4, 0.5) is 11.4 Å². The summed E-state index contributed by atoms with van der Waals surface area (Å²) < 4.78 is 0. The van der Waals surface area contributed by atoms with Crippen LogP contribution in [0.25, 0.3) is 0 Å². The van der Waals surface area contributed by atoms with E-state index in [-0.39, 0.29) is 6.10 Å². The quantitative estimate of drug-likeness (QED) is 0.616. The molecule has 0 aliphatic rings. The zero-order chi connectivity index (χ0) is 9.84. The highest BCUT2D eigenvalue weighted by molar-refractivity contribution is 5.57. The van der Waals surface area contributed by atoms with Crippen LogP contribution in [0.5, 0.6) is 0 Å². The Bertz CT molecular complexity index is 284.